The molecule has 14 heteroatoms. The highest BCUT2D eigenvalue weighted by molar-refractivity contribution is 6.52. The maximum absolute atomic E-state index is 13.2. The van der Waals surface area contributed by atoms with E-state index in [1.54, 1.807) is 0 Å². The third-order valence-corrected chi connectivity index (χ3v) is 7.34. The van der Waals surface area contributed by atoms with Gasteiger partial charge in [-0.1, -0.05) is 29.3 Å². The number of amides is 1. The molecule has 218 valence electrons. The number of hydrogen-bond donors (Lipinski definition) is 0. The number of rotatable bonds is 12. The van der Waals surface area contributed by atoms with Crippen LogP contribution in [-0.4, -0.2) is 42.4 Å². The van der Waals surface area contributed by atoms with Crippen molar-refractivity contribution in [2.75, 3.05) is 18.1 Å². The lowest BCUT2D eigenvalue weighted by molar-refractivity contribution is -0.148. The van der Waals surface area contributed by atoms with E-state index >= 15 is 0 Å². The Bertz CT molecular complexity index is 1550. The average Bonchev–Trinajstić information content (AvgIpc) is 3.76. The minimum Gasteiger partial charge on any atom is -0.489 e. The van der Waals surface area contributed by atoms with Crippen LogP contribution in [0.1, 0.15) is 40.4 Å². The number of benzene rings is 2. The number of nitroso groups, excluding NO2 is 1. The van der Waals surface area contributed by atoms with Crippen LogP contribution in [0.15, 0.2) is 54.0 Å². The van der Waals surface area contributed by atoms with Crippen molar-refractivity contribution in [2.24, 2.45) is 11.1 Å². The number of carbonyl (C=O) groups is 3. The van der Waals surface area contributed by atoms with Crippen LogP contribution in [0.5, 0.6) is 11.5 Å². The lowest BCUT2D eigenvalue weighted by Gasteiger charge is -2.23. The first-order chi connectivity index (χ1) is 20.1. The van der Waals surface area contributed by atoms with Gasteiger partial charge >= 0.3 is 12.6 Å². The molecule has 1 atom stereocenters. The van der Waals surface area contributed by atoms with E-state index < -0.39 is 36.9 Å². The predicted molar refractivity (Wildman–Crippen MR) is 147 cm³/mol. The summed E-state index contributed by atoms with van der Waals surface area (Å²) >= 11 is 12.6. The van der Waals surface area contributed by atoms with Gasteiger partial charge in [-0.3, -0.25) is 24.3 Å². The highest BCUT2D eigenvalue weighted by Gasteiger charge is 2.38. The number of carbonyl (C=O) groups excluding carboxylic acids is 3. The van der Waals surface area contributed by atoms with Gasteiger partial charge in [-0.15, -0.1) is 4.91 Å². The zero-order valence-electron chi connectivity index (χ0n) is 21.6. The Labute approximate surface area is 247 Å². The van der Waals surface area contributed by atoms with Gasteiger partial charge in [-0.25, -0.2) is 0 Å². The molecule has 3 aromatic rings. The number of fused-ring (bicyclic) bond motifs is 1. The molecule has 0 radical (unpaired) electrons. The van der Waals surface area contributed by atoms with Crippen molar-refractivity contribution in [3.8, 4) is 11.5 Å². The van der Waals surface area contributed by atoms with Gasteiger partial charge in [0, 0.05) is 18.8 Å². The summed E-state index contributed by atoms with van der Waals surface area (Å²) in [5.74, 6) is -2.64. The van der Waals surface area contributed by atoms with Crippen LogP contribution >= 0.6 is 23.2 Å². The van der Waals surface area contributed by atoms with Crippen LogP contribution < -0.4 is 14.4 Å². The van der Waals surface area contributed by atoms with Gasteiger partial charge in [0.05, 0.1) is 27.9 Å². The molecule has 0 bridgehead atoms. The molecule has 1 amide bonds. The van der Waals surface area contributed by atoms with Crippen molar-refractivity contribution in [1.29, 1.82) is 0 Å². The van der Waals surface area contributed by atoms with Gasteiger partial charge < -0.3 is 14.2 Å². The van der Waals surface area contributed by atoms with E-state index in [0.29, 0.717) is 23.7 Å². The Morgan fingerprint density at radius 2 is 1.81 bits per heavy atom. The summed E-state index contributed by atoms with van der Waals surface area (Å²) in [6.07, 6.45) is 3.49. The maximum atomic E-state index is 13.2. The molecule has 2 aliphatic rings. The van der Waals surface area contributed by atoms with E-state index in [4.69, 9.17) is 32.7 Å². The van der Waals surface area contributed by atoms with Crippen LogP contribution in [0.4, 0.5) is 20.2 Å². The van der Waals surface area contributed by atoms with Gasteiger partial charge in [0.15, 0.2) is 11.5 Å². The molecular formula is C28H21Cl2F2N3O7. The zero-order valence-corrected chi connectivity index (χ0v) is 23.1. The quantitative estimate of drug-likeness (QED) is 0.133. The summed E-state index contributed by atoms with van der Waals surface area (Å²) in [6.45, 7) is -3.44. The second-order valence-electron chi connectivity index (χ2n) is 9.62. The van der Waals surface area contributed by atoms with Crippen LogP contribution in [-0.2, 0) is 20.7 Å². The second-order valence-corrected chi connectivity index (χ2v) is 10.4. The summed E-state index contributed by atoms with van der Waals surface area (Å²) in [6, 6.07) is 7.93. The standard InChI is InChI=1S/C28H21Cl2F2N3O7/c29-19-10-33-11-20(30)17(19)9-23(15-3-6-22(42-28(31)32)24(7-15)40-13-14-1-2-14)41-25(36)12-35-21-5-4-16(34-39)8-18(21)26(37)27(35)38/h3-8,10-11,14,23,28H,1-2,9,12-13H2/t23-/m0/s1. The van der Waals surface area contributed by atoms with Crippen LogP contribution in [0.2, 0.25) is 10.0 Å². The fourth-order valence-electron chi connectivity index (χ4n) is 4.40. The smallest absolute Gasteiger partial charge is 0.387 e. The number of esters is 1. The number of hydrogen-bond acceptors (Lipinski definition) is 9. The monoisotopic (exact) mass is 619 g/mol. The van der Waals surface area contributed by atoms with Crippen LogP contribution in [0, 0.1) is 10.8 Å². The summed E-state index contributed by atoms with van der Waals surface area (Å²) < 4.78 is 42.3. The molecule has 1 aliphatic carbocycles. The third kappa shape index (κ3) is 6.50. The van der Waals surface area contributed by atoms with Gasteiger partial charge in [-0.05, 0) is 65.4 Å². The van der Waals surface area contributed by atoms with Crippen molar-refractivity contribution in [2.45, 2.75) is 32.0 Å². The molecule has 1 aromatic heterocycles. The summed E-state index contributed by atoms with van der Waals surface area (Å²) in [5, 5.41) is 3.15. The molecule has 5 rings (SSSR count). The number of ketones is 1. The topological polar surface area (TPSA) is 124 Å². The molecule has 2 aromatic carbocycles. The number of alkyl halides is 2. The first kappa shape index (κ1) is 29.3. The normalized spacial score (nSPS) is 15.0. The molecule has 1 saturated carbocycles. The van der Waals surface area contributed by atoms with E-state index in [-0.39, 0.29) is 44.9 Å². The van der Waals surface area contributed by atoms with Gasteiger partial charge in [0.25, 0.3) is 11.7 Å². The fourth-order valence-corrected chi connectivity index (χ4v) is 4.92. The van der Waals surface area contributed by atoms with Crippen molar-refractivity contribution in [1.82, 2.24) is 4.98 Å². The molecule has 1 fully saturated rings. The summed E-state index contributed by atoms with van der Waals surface area (Å²) in [4.78, 5) is 54.1. The number of anilines is 1. The molecule has 2 heterocycles. The Morgan fingerprint density at radius 1 is 1.07 bits per heavy atom. The maximum Gasteiger partial charge on any atom is 0.387 e. The SMILES string of the molecule is O=Nc1ccc2c(c1)C(=O)C(=O)N2CC(=O)O[C@@H](Cc1c(Cl)cncc1Cl)c1ccc(OC(F)F)c(OCC2CC2)c1. The Kier molecular flexibility index (Phi) is 8.64. The third-order valence-electron chi connectivity index (χ3n) is 6.69. The minimum absolute atomic E-state index is 0.0292. The van der Waals surface area contributed by atoms with Crippen LogP contribution in [0.3, 0.4) is 0 Å². The lowest BCUT2D eigenvalue weighted by Crippen LogP contribution is -2.36. The highest BCUT2D eigenvalue weighted by atomic mass is 35.5. The average molecular weight is 620 g/mol. The van der Waals surface area contributed by atoms with Crippen molar-refractivity contribution in [3.63, 3.8) is 0 Å². The number of aromatic nitrogens is 1. The van der Waals surface area contributed by atoms with E-state index in [9.17, 15) is 28.1 Å². The molecule has 42 heavy (non-hydrogen) atoms. The predicted octanol–water partition coefficient (Wildman–Crippen LogP) is 6.23. The highest BCUT2D eigenvalue weighted by Crippen LogP contribution is 2.38. The first-order valence-corrected chi connectivity index (χ1v) is 13.4. The Balaban J connectivity index is 1.44. The first-order valence-electron chi connectivity index (χ1n) is 12.7. The Hall–Kier alpha value is -4.16. The van der Waals surface area contributed by atoms with Crippen molar-refractivity contribution >= 4 is 52.2 Å². The van der Waals surface area contributed by atoms with E-state index in [0.717, 1.165) is 23.8 Å². The minimum atomic E-state index is -3.09. The molecule has 10 nitrogen and oxygen atoms in total. The fraction of sp³-hybridized carbons (Fsp3) is 0.286. The molecule has 0 unspecified atom stereocenters. The largest absolute Gasteiger partial charge is 0.489 e. The van der Waals surface area contributed by atoms with E-state index in [1.165, 1.54) is 42.7 Å². The summed E-state index contributed by atoms with van der Waals surface area (Å²) in [7, 11) is 0. The van der Waals surface area contributed by atoms with Crippen molar-refractivity contribution in [3.05, 3.63) is 80.4 Å². The molecule has 0 spiro atoms. The van der Waals surface area contributed by atoms with Gasteiger partial charge in [0.1, 0.15) is 18.3 Å². The molecule has 1 aliphatic heterocycles. The van der Waals surface area contributed by atoms with Gasteiger partial charge in [0.2, 0.25) is 0 Å². The molecule has 0 N–H and O–H groups in total. The number of halogens is 4. The number of Topliss-reactive ketones (excluding diaryl/α,β-unsaturated/α-hetero) is 1. The zero-order chi connectivity index (χ0) is 30.0. The molecule has 0 saturated heterocycles. The lowest BCUT2D eigenvalue weighted by atomic mass is 10.0. The number of nitrogens with zero attached hydrogens (tertiary/aromatic N) is 3. The second kappa shape index (κ2) is 12.4. The number of ether oxygens (including phenoxy) is 3. The van der Waals surface area contributed by atoms with Gasteiger partial charge in [-0.2, -0.15) is 8.78 Å². The summed E-state index contributed by atoms with van der Waals surface area (Å²) in [5.41, 5.74) is 0.737. The van der Waals surface area contributed by atoms with E-state index in [2.05, 4.69) is 14.9 Å². The molecular weight excluding hydrogens is 599 g/mol. The van der Waals surface area contributed by atoms with Crippen molar-refractivity contribution < 1.29 is 37.4 Å². The van der Waals surface area contributed by atoms with E-state index in [1.807, 2.05) is 0 Å². The number of pyridine rings is 1. The Morgan fingerprint density at radius 3 is 2.48 bits per heavy atom. The van der Waals surface area contributed by atoms with Crippen LogP contribution in [0.25, 0.3) is 0 Å².